The van der Waals surface area contributed by atoms with Gasteiger partial charge in [-0.1, -0.05) is 6.07 Å². The van der Waals surface area contributed by atoms with Crippen molar-refractivity contribution in [1.29, 1.82) is 0 Å². The Morgan fingerprint density at radius 2 is 2.10 bits per heavy atom. The number of aryl methyl sites for hydroxylation is 1. The Kier molecular flexibility index (Phi) is 4.22. The van der Waals surface area contributed by atoms with E-state index in [0.29, 0.717) is 23.9 Å². The topological polar surface area (TPSA) is 77.3 Å². The summed E-state index contributed by atoms with van der Waals surface area (Å²) in [6, 6.07) is 9.40. The highest BCUT2D eigenvalue weighted by molar-refractivity contribution is 7.92. The zero-order valence-electron chi connectivity index (χ0n) is 16.3. The molecule has 0 radical (unpaired) electrons. The van der Waals surface area contributed by atoms with Crippen molar-refractivity contribution in [2.45, 2.75) is 22.6 Å². The highest BCUT2D eigenvalue weighted by Gasteiger charge is 2.50. The Labute approximate surface area is 169 Å². The largest absolute Gasteiger partial charge is 0.481 e. The number of rotatable bonds is 4. The SMILES string of the molecule is COc1ncccc1-c1ccc2c(c1)[C@@H]1CN(Cc3cnn(C)c3)C[C@@H]1S2(=O)=O. The molecule has 3 aromatic rings. The third-order valence-corrected chi connectivity index (χ3v) is 8.16. The van der Waals surface area contributed by atoms with E-state index in [2.05, 4.69) is 15.0 Å². The Hall–Kier alpha value is -2.71. The number of fused-ring (bicyclic) bond motifs is 3. The van der Waals surface area contributed by atoms with Crippen molar-refractivity contribution >= 4 is 9.84 Å². The van der Waals surface area contributed by atoms with Crippen molar-refractivity contribution in [3.8, 4) is 17.0 Å². The second kappa shape index (κ2) is 6.67. The molecule has 0 saturated carbocycles. The van der Waals surface area contributed by atoms with Crippen LogP contribution in [0, 0.1) is 0 Å². The van der Waals surface area contributed by atoms with Crippen LogP contribution in [0.4, 0.5) is 0 Å². The van der Waals surface area contributed by atoms with E-state index in [1.165, 1.54) is 0 Å². The fourth-order valence-corrected chi connectivity index (χ4v) is 6.80. The number of nitrogens with zero attached hydrogens (tertiary/aromatic N) is 4. The van der Waals surface area contributed by atoms with E-state index in [9.17, 15) is 8.42 Å². The van der Waals surface area contributed by atoms with E-state index in [-0.39, 0.29) is 11.2 Å². The Bertz CT molecular complexity index is 1190. The minimum Gasteiger partial charge on any atom is -0.481 e. The van der Waals surface area contributed by atoms with Gasteiger partial charge in [-0.05, 0) is 35.4 Å². The average Bonchev–Trinajstić information content (AvgIpc) is 3.38. The number of benzene rings is 1. The third-order valence-electron chi connectivity index (χ3n) is 5.90. The van der Waals surface area contributed by atoms with Crippen molar-refractivity contribution in [3.05, 3.63) is 60.0 Å². The fraction of sp³-hybridized carbons (Fsp3) is 0.333. The van der Waals surface area contributed by atoms with Gasteiger partial charge in [0, 0.05) is 56.1 Å². The summed E-state index contributed by atoms with van der Waals surface area (Å²) in [6.45, 7) is 1.98. The summed E-state index contributed by atoms with van der Waals surface area (Å²) in [4.78, 5) is 6.95. The quantitative estimate of drug-likeness (QED) is 0.657. The molecular weight excluding hydrogens is 388 g/mol. The van der Waals surface area contributed by atoms with Crippen molar-refractivity contribution in [3.63, 3.8) is 0 Å². The van der Waals surface area contributed by atoms with Crippen LogP contribution in [-0.4, -0.2) is 53.5 Å². The van der Waals surface area contributed by atoms with Crippen LogP contribution in [0.15, 0.2) is 53.8 Å². The lowest BCUT2D eigenvalue weighted by molar-refractivity contribution is 0.325. The summed E-state index contributed by atoms with van der Waals surface area (Å²) < 4.78 is 33.5. The van der Waals surface area contributed by atoms with Crippen LogP contribution >= 0.6 is 0 Å². The highest BCUT2D eigenvalue weighted by atomic mass is 32.2. The van der Waals surface area contributed by atoms with Gasteiger partial charge in [-0.2, -0.15) is 5.10 Å². The van der Waals surface area contributed by atoms with Gasteiger partial charge in [0.05, 0.1) is 23.5 Å². The summed E-state index contributed by atoms with van der Waals surface area (Å²) in [7, 11) is 0.149. The predicted octanol–water partition coefficient (Wildman–Crippen LogP) is 2.25. The lowest BCUT2D eigenvalue weighted by atomic mass is 9.95. The molecule has 5 rings (SSSR count). The summed E-state index contributed by atoms with van der Waals surface area (Å²) in [5.41, 5.74) is 3.80. The Morgan fingerprint density at radius 1 is 1.24 bits per heavy atom. The number of aromatic nitrogens is 3. The first-order chi connectivity index (χ1) is 14.0. The van der Waals surface area contributed by atoms with Gasteiger partial charge in [0.1, 0.15) is 0 Å². The zero-order valence-corrected chi connectivity index (χ0v) is 17.1. The number of hydrogen-bond donors (Lipinski definition) is 0. The van der Waals surface area contributed by atoms with Gasteiger partial charge in [0.2, 0.25) is 5.88 Å². The van der Waals surface area contributed by atoms with E-state index in [4.69, 9.17) is 4.74 Å². The summed E-state index contributed by atoms with van der Waals surface area (Å²) in [5.74, 6) is 0.517. The van der Waals surface area contributed by atoms with Crippen LogP contribution in [0.1, 0.15) is 17.0 Å². The molecule has 4 heterocycles. The van der Waals surface area contributed by atoms with Crippen LogP contribution in [0.25, 0.3) is 11.1 Å². The summed E-state index contributed by atoms with van der Waals surface area (Å²) in [6.07, 6.45) is 5.50. The highest BCUT2D eigenvalue weighted by Crippen LogP contribution is 2.46. The van der Waals surface area contributed by atoms with E-state index < -0.39 is 9.84 Å². The van der Waals surface area contributed by atoms with Gasteiger partial charge in [-0.15, -0.1) is 0 Å². The van der Waals surface area contributed by atoms with Crippen LogP contribution in [0.2, 0.25) is 0 Å². The lowest BCUT2D eigenvalue weighted by Crippen LogP contribution is -2.25. The first kappa shape index (κ1) is 18.3. The number of likely N-dealkylation sites (tertiary alicyclic amines) is 1. The van der Waals surface area contributed by atoms with Crippen LogP contribution < -0.4 is 4.74 Å². The number of ether oxygens (including phenoxy) is 1. The maximum atomic E-state index is 13.2. The van der Waals surface area contributed by atoms with Crippen LogP contribution in [-0.2, 0) is 23.4 Å². The smallest absolute Gasteiger partial charge is 0.221 e. The van der Waals surface area contributed by atoms with Gasteiger partial charge < -0.3 is 4.74 Å². The number of methoxy groups -OCH3 is 1. The van der Waals surface area contributed by atoms with E-state index in [1.54, 1.807) is 24.1 Å². The minimum atomic E-state index is -3.33. The molecule has 0 aliphatic carbocycles. The molecule has 7 nitrogen and oxygen atoms in total. The van der Waals surface area contributed by atoms with Crippen molar-refractivity contribution < 1.29 is 13.2 Å². The van der Waals surface area contributed by atoms with Gasteiger partial charge >= 0.3 is 0 Å². The number of sulfone groups is 1. The molecular formula is C21H22N4O3S. The molecule has 0 amide bonds. The van der Waals surface area contributed by atoms with E-state index >= 15 is 0 Å². The maximum absolute atomic E-state index is 13.2. The van der Waals surface area contributed by atoms with E-state index in [1.807, 2.05) is 43.7 Å². The van der Waals surface area contributed by atoms with Gasteiger partial charge in [-0.3, -0.25) is 9.58 Å². The molecule has 8 heteroatoms. The molecule has 2 atom stereocenters. The molecule has 0 unspecified atom stereocenters. The van der Waals surface area contributed by atoms with Crippen molar-refractivity contribution in [2.24, 2.45) is 7.05 Å². The van der Waals surface area contributed by atoms with Crippen LogP contribution in [0.3, 0.4) is 0 Å². The third kappa shape index (κ3) is 2.94. The summed E-state index contributed by atoms with van der Waals surface area (Å²) in [5, 5.41) is 3.82. The normalized spacial score (nSPS) is 22.4. The maximum Gasteiger partial charge on any atom is 0.221 e. The monoisotopic (exact) mass is 410 g/mol. The predicted molar refractivity (Wildman–Crippen MR) is 108 cm³/mol. The molecule has 0 bridgehead atoms. The molecule has 2 aliphatic rings. The number of pyridine rings is 1. The first-order valence-corrected chi connectivity index (χ1v) is 11.1. The molecule has 1 saturated heterocycles. The van der Waals surface area contributed by atoms with E-state index in [0.717, 1.165) is 28.8 Å². The summed E-state index contributed by atoms with van der Waals surface area (Å²) >= 11 is 0. The van der Waals surface area contributed by atoms with Gasteiger partial charge in [-0.25, -0.2) is 13.4 Å². The minimum absolute atomic E-state index is 0.0192. The molecule has 1 fully saturated rings. The first-order valence-electron chi connectivity index (χ1n) is 9.54. The molecule has 2 aromatic heterocycles. The second-order valence-electron chi connectivity index (χ2n) is 7.72. The molecule has 2 aliphatic heterocycles. The van der Waals surface area contributed by atoms with Crippen LogP contribution in [0.5, 0.6) is 5.88 Å². The second-order valence-corrected chi connectivity index (χ2v) is 9.85. The fourth-order valence-electron chi connectivity index (χ4n) is 4.61. The lowest BCUT2D eigenvalue weighted by Gasteiger charge is -2.16. The average molecular weight is 410 g/mol. The molecule has 150 valence electrons. The Balaban J connectivity index is 1.50. The Morgan fingerprint density at radius 3 is 2.86 bits per heavy atom. The molecule has 0 N–H and O–H groups in total. The standard InChI is InChI=1S/C21H22N4O3S/c1-24-10-14(9-23-24)11-25-12-18-17-8-15(16-4-3-7-22-21(16)28-2)5-6-19(17)29(26,27)20(18)13-25/h3-10,18,20H,11-13H2,1-2H3/t18-,20-/m0/s1. The molecule has 0 spiro atoms. The van der Waals surface area contributed by atoms with Crippen molar-refractivity contribution in [1.82, 2.24) is 19.7 Å². The van der Waals surface area contributed by atoms with Gasteiger partial charge in [0.15, 0.2) is 9.84 Å². The molecule has 29 heavy (non-hydrogen) atoms. The number of hydrogen-bond acceptors (Lipinski definition) is 6. The zero-order chi connectivity index (χ0) is 20.2. The van der Waals surface area contributed by atoms with Gasteiger partial charge in [0.25, 0.3) is 0 Å². The molecule has 1 aromatic carbocycles. The van der Waals surface area contributed by atoms with Crippen molar-refractivity contribution in [2.75, 3.05) is 20.2 Å².